The molecule has 1 aromatic carbocycles. The molecule has 33 heavy (non-hydrogen) atoms. The highest BCUT2D eigenvalue weighted by Gasteiger charge is 2.27. The van der Waals surface area contributed by atoms with E-state index in [4.69, 9.17) is 10.1 Å². The maximum Gasteiger partial charge on any atom is 0.224 e. The number of likely N-dealkylation sites (tertiary alicyclic amines) is 1. The standard InChI is InChI=1S/C25H34N6OS/c1-19-8-10-20(11-9-19)22-18-31-24(27-22)33-25(28-31)30-16-5-7-21(17-30)23(32)26-12-6-15-29-13-3-2-4-14-29/h8-11,18,21H,2-7,12-17H2,1H3,(H,26,32). The molecule has 0 aliphatic carbocycles. The fourth-order valence-electron chi connectivity index (χ4n) is 4.89. The molecule has 7 nitrogen and oxygen atoms in total. The summed E-state index contributed by atoms with van der Waals surface area (Å²) < 4.78 is 1.87. The number of carbonyl (C=O) groups excluding carboxylic acids is 1. The van der Waals surface area contributed by atoms with Crippen molar-refractivity contribution in [2.24, 2.45) is 5.92 Å². The van der Waals surface area contributed by atoms with Crippen LogP contribution < -0.4 is 10.2 Å². The molecular formula is C25H34N6OS. The van der Waals surface area contributed by atoms with Crippen LogP contribution in [0.2, 0.25) is 0 Å². The summed E-state index contributed by atoms with van der Waals surface area (Å²) in [6.45, 7) is 8.08. The lowest BCUT2D eigenvalue weighted by molar-refractivity contribution is -0.125. The maximum absolute atomic E-state index is 12.8. The average molecular weight is 467 g/mol. The number of imidazole rings is 1. The number of fused-ring (bicyclic) bond motifs is 1. The Morgan fingerprint density at radius 1 is 1.12 bits per heavy atom. The van der Waals surface area contributed by atoms with Crippen LogP contribution in [-0.4, -0.2) is 64.7 Å². The minimum absolute atomic E-state index is 0.0353. The normalized spacial score (nSPS) is 19.8. The summed E-state index contributed by atoms with van der Waals surface area (Å²) in [6, 6.07) is 8.41. The lowest BCUT2D eigenvalue weighted by Crippen LogP contribution is -2.43. The molecule has 3 aromatic rings. The Kier molecular flexibility index (Phi) is 6.92. The smallest absolute Gasteiger partial charge is 0.224 e. The monoisotopic (exact) mass is 466 g/mol. The molecule has 176 valence electrons. The quantitative estimate of drug-likeness (QED) is 0.534. The van der Waals surface area contributed by atoms with Crippen LogP contribution in [0.1, 0.15) is 44.1 Å². The predicted octanol–water partition coefficient (Wildman–Crippen LogP) is 3.97. The van der Waals surface area contributed by atoms with E-state index < -0.39 is 0 Å². The molecule has 2 aromatic heterocycles. The molecule has 0 radical (unpaired) electrons. The molecule has 2 saturated heterocycles. The van der Waals surface area contributed by atoms with Crippen molar-refractivity contribution in [3.05, 3.63) is 36.0 Å². The molecule has 1 amide bonds. The maximum atomic E-state index is 12.8. The van der Waals surface area contributed by atoms with Crippen LogP contribution in [-0.2, 0) is 4.79 Å². The van der Waals surface area contributed by atoms with E-state index in [2.05, 4.69) is 46.3 Å². The highest BCUT2D eigenvalue weighted by molar-refractivity contribution is 7.20. The number of aryl methyl sites for hydroxylation is 1. The van der Waals surface area contributed by atoms with Crippen molar-refractivity contribution >= 4 is 27.3 Å². The zero-order valence-corrected chi connectivity index (χ0v) is 20.3. The van der Waals surface area contributed by atoms with Crippen LogP contribution >= 0.6 is 11.3 Å². The zero-order chi connectivity index (χ0) is 22.6. The van der Waals surface area contributed by atoms with E-state index in [0.717, 1.165) is 66.8 Å². The Balaban J connectivity index is 1.15. The third-order valence-electron chi connectivity index (χ3n) is 6.84. The van der Waals surface area contributed by atoms with Gasteiger partial charge in [0.2, 0.25) is 16.0 Å². The molecule has 2 aliphatic rings. The van der Waals surface area contributed by atoms with Gasteiger partial charge in [0, 0.05) is 25.2 Å². The number of hydrogen-bond donors (Lipinski definition) is 1. The molecule has 0 bridgehead atoms. The number of benzene rings is 1. The van der Waals surface area contributed by atoms with Crippen LogP contribution in [0.15, 0.2) is 30.5 Å². The van der Waals surface area contributed by atoms with Gasteiger partial charge in [-0.15, -0.1) is 5.10 Å². The number of nitrogens with one attached hydrogen (secondary N) is 1. The zero-order valence-electron chi connectivity index (χ0n) is 19.5. The number of carbonyl (C=O) groups is 1. The van der Waals surface area contributed by atoms with Gasteiger partial charge in [-0.2, -0.15) is 0 Å². The molecule has 8 heteroatoms. The number of rotatable bonds is 7. The lowest BCUT2D eigenvalue weighted by atomic mass is 9.97. The van der Waals surface area contributed by atoms with Gasteiger partial charge in [0.05, 0.1) is 17.8 Å². The first-order valence-corrected chi connectivity index (χ1v) is 13.2. The van der Waals surface area contributed by atoms with Crippen LogP contribution in [0, 0.1) is 12.8 Å². The summed E-state index contributed by atoms with van der Waals surface area (Å²) in [6.07, 6.45) is 9.00. The van der Waals surface area contributed by atoms with Crippen molar-refractivity contribution in [1.82, 2.24) is 24.8 Å². The molecule has 2 fully saturated rings. The summed E-state index contributed by atoms with van der Waals surface area (Å²) >= 11 is 1.60. The van der Waals surface area contributed by atoms with Crippen LogP contribution in [0.3, 0.4) is 0 Å². The summed E-state index contributed by atoms with van der Waals surface area (Å²) in [5.74, 6) is 0.231. The molecule has 2 aliphatic heterocycles. The largest absolute Gasteiger partial charge is 0.356 e. The molecule has 4 heterocycles. The van der Waals surface area contributed by atoms with E-state index in [1.807, 2.05) is 10.7 Å². The molecular weight excluding hydrogens is 432 g/mol. The highest BCUT2D eigenvalue weighted by atomic mass is 32.1. The molecule has 1 unspecified atom stereocenters. The number of aromatic nitrogens is 3. The minimum Gasteiger partial charge on any atom is -0.356 e. The van der Waals surface area contributed by atoms with Crippen LogP contribution in [0.25, 0.3) is 16.2 Å². The second kappa shape index (κ2) is 10.2. The van der Waals surface area contributed by atoms with Gasteiger partial charge in [-0.1, -0.05) is 47.6 Å². The number of piperidine rings is 2. The first kappa shape index (κ1) is 22.3. The lowest BCUT2D eigenvalue weighted by Gasteiger charge is -2.31. The van der Waals surface area contributed by atoms with Gasteiger partial charge in [-0.05, 0) is 58.7 Å². The first-order chi connectivity index (χ1) is 16.2. The SMILES string of the molecule is Cc1ccc(-c2cn3nc(N4CCCC(C(=O)NCCCN5CCCCC5)C4)sc3n2)cc1. The van der Waals surface area contributed by atoms with Crippen molar-refractivity contribution < 1.29 is 4.79 Å². The van der Waals surface area contributed by atoms with Gasteiger partial charge in [0.1, 0.15) is 0 Å². The van der Waals surface area contributed by atoms with E-state index in [0.29, 0.717) is 0 Å². The van der Waals surface area contributed by atoms with E-state index in [1.54, 1.807) is 11.3 Å². The third-order valence-corrected chi connectivity index (χ3v) is 7.82. The van der Waals surface area contributed by atoms with Crippen LogP contribution in [0.4, 0.5) is 5.13 Å². The molecule has 1 N–H and O–H groups in total. The van der Waals surface area contributed by atoms with E-state index in [-0.39, 0.29) is 11.8 Å². The van der Waals surface area contributed by atoms with Gasteiger partial charge in [0.25, 0.3) is 0 Å². The number of hydrogen-bond acceptors (Lipinski definition) is 6. The molecule has 0 spiro atoms. The molecule has 1 atom stereocenters. The summed E-state index contributed by atoms with van der Waals surface area (Å²) in [5.41, 5.74) is 3.29. The predicted molar refractivity (Wildman–Crippen MR) is 134 cm³/mol. The van der Waals surface area contributed by atoms with E-state index in [1.165, 1.54) is 37.9 Å². The van der Waals surface area contributed by atoms with E-state index in [9.17, 15) is 4.79 Å². The first-order valence-electron chi connectivity index (χ1n) is 12.3. The van der Waals surface area contributed by atoms with Crippen molar-refractivity contribution in [2.45, 2.75) is 45.4 Å². The van der Waals surface area contributed by atoms with Gasteiger partial charge in [-0.25, -0.2) is 9.50 Å². The summed E-state index contributed by atoms with van der Waals surface area (Å²) in [7, 11) is 0. The Morgan fingerprint density at radius 2 is 1.94 bits per heavy atom. The average Bonchev–Trinajstić information content (AvgIpc) is 3.43. The minimum atomic E-state index is 0.0353. The Bertz CT molecular complexity index is 1040. The number of nitrogens with zero attached hydrogens (tertiary/aromatic N) is 5. The molecule has 0 saturated carbocycles. The van der Waals surface area contributed by atoms with Gasteiger partial charge >= 0.3 is 0 Å². The van der Waals surface area contributed by atoms with Gasteiger partial charge < -0.3 is 15.1 Å². The highest BCUT2D eigenvalue weighted by Crippen LogP contribution is 2.30. The van der Waals surface area contributed by atoms with Crippen molar-refractivity contribution in [2.75, 3.05) is 44.2 Å². The second-order valence-corrected chi connectivity index (χ2v) is 10.4. The number of amides is 1. The van der Waals surface area contributed by atoms with E-state index >= 15 is 0 Å². The van der Waals surface area contributed by atoms with Gasteiger partial charge in [-0.3, -0.25) is 4.79 Å². The number of anilines is 1. The fourth-order valence-corrected chi connectivity index (χ4v) is 5.81. The Labute approximate surface area is 199 Å². The Morgan fingerprint density at radius 3 is 2.73 bits per heavy atom. The third kappa shape index (κ3) is 5.38. The Hall–Kier alpha value is -2.45. The summed E-state index contributed by atoms with van der Waals surface area (Å²) in [4.78, 5) is 23.2. The van der Waals surface area contributed by atoms with Crippen molar-refractivity contribution in [1.29, 1.82) is 0 Å². The fraction of sp³-hybridized carbons (Fsp3) is 0.560. The summed E-state index contributed by atoms with van der Waals surface area (Å²) in [5, 5.41) is 8.92. The second-order valence-electron chi connectivity index (χ2n) is 9.44. The topological polar surface area (TPSA) is 65.8 Å². The van der Waals surface area contributed by atoms with Gasteiger partial charge in [0.15, 0.2) is 0 Å². The molecule has 5 rings (SSSR count). The van der Waals surface area contributed by atoms with Crippen molar-refractivity contribution in [3.8, 4) is 11.3 Å². The van der Waals surface area contributed by atoms with Crippen LogP contribution in [0.5, 0.6) is 0 Å². The van der Waals surface area contributed by atoms with Crippen molar-refractivity contribution in [3.63, 3.8) is 0 Å².